The van der Waals surface area contributed by atoms with Crippen molar-refractivity contribution in [1.82, 2.24) is 9.88 Å². The summed E-state index contributed by atoms with van der Waals surface area (Å²) >= 11 is 7.03. The molecule has 0 bridgehead atoms. The zero-order valence-corrected chi connectivity index (χ0v) is 16.6. The number of hydrazone groups is 1. The highest BCUT2D eigenvalue weighted by molar-refractivity contribution is 7.18. The molecule has 7 nitrogen and oxygen atoms in total. The van der Waals surface area contributed by atoms with Gasteiger partial charge < -0.3 is 5.32 Å². The molecular formula is C20H15ClN4O3S. The molecule has 146 valence electrons. The minimum atomic E-state index is -0.256. The molecule has 0 saturated heterocycles. The highest BCUT2D eigenvalue weighted by Crippen LogP contribution is 2.23. The van der Waals surface area contributed by atoms with Crippen LogP contribution in [0.3, 0.4) is 0 Å². The van der Waals surface area contributed by atoms with E-state index < -0.39 is 0 Å². The maximum absolute atomic E-state index is 12.3. The van der Waals surface area contributed by atoms with Gasteiger partial charge in [-0.15, -0.1) is 11.3 Å². The summed E-state index contributed by atoms with van der Waals surface area (Å²) in [4.78, 5) is 36.9. The maximum atomic E-state index is 12.3. The Morgan fingerprint density at radius 1 is 1.07 bits per heavy atom. The fourth-order valence-electron chi connectivity index (χ4n) is 2.88. The number of hydrogen-bond donors (Lipinski definition) is 1. The van der Waals surface area contributed by atoms with E-state index in [4.69, 9.17) is 11.6 Å². The lowest BCUT2D eigenvalue weighted by atomic mass is 10.2. The molecule has 1 aromatic carbocycles. The third-order valence-electron chi connectivity index (χ3n) is 4.28. The van der Waals surface area contributed by atoms with Gasteiger partial charge in [0.1, 0.15) is 0 Å². The van der Waals surface area contributed by atoms with Crippen molar-refractivity contribution in [3.8, 4) is 5.69 Å². The summed E-state index contributed by atoms with van der Waals surface area (Å²) in [6, 6.07) is 15.2. The third kappa shape index (κ3) is 4.13. The van der Waals surface area contributed by atoms with Crippen LogP contribution >= 0.6 is 22.9 Å². The van der Waals surface area contributed by atoms with Gasteiger partial charge in [0.05, 0.1) is 33.6 Å². The number of benzene rings is 1. The quantitative estimate of drug-likeness (QED) is 0.680. The largest absolute Gasteiger partial charge is 0.346 e. The van der Waals surface area contributed by atoms with Crippen LogP contribution in [-0.4, -0.2) is 28.6 Å². The summed E-state index contributed by atoms with van der Waals surface area (Å²) in [5.74, 6) is -0.439. The minimum absolute atomic E-state index is 0.130. The minimum Gasteiger partial charge on any atom is -0.346 e. The van der Waals surface area contributed by atoms with Gasteiger partial charge in [0.2, 0.25) is 0 Å². The van der Waals surface area contributed by atoms with Crippen molar-refractivity contribution in [2.45, 2.75) is 6.42 Å². The van der Waals surface area contributed by atoms with E-state index in [1.807, 2.05) is 0 Å². The van der Waals surface area contributed by atoms with Gasteiger partial charge in [-0.3, -0.25) is 19.0 Å². The van der Waals surface area contributed by atoms with E-state index >= 15 is 0 Å². The first-order valence-electron chi connectivity index (χ1n) is 8.72. The van der Waals surface area contributed by atoms with Gasteiger partial charge >= 0.3 is 0 Å². The first-order chi connectivity index (χ1) is 14.0. The van der Waals surface area contributed by atoms with E-state index in [-0.39, 0.29) is 30.3 Å². The smallest absolute Gasteiger partial charge is 0.261 e. The Balaban J connectivity index is 1.45. The Morgan fingerprint density at radius 2 is 1.83 bits per heavy atom. The van der Waals surface area contributed by atoms with Crippen molar-refractivity contribution < 1.29 is 9.59 Å². The van der Waals surface area contributed by atoms with Gasteiger partial charge in [-0.2, -0.15) is 5.10 Å². The molecule has 2 amide bonds. The summed E-state index contributed by atoms with van der Waals surface area (Å²) in [7, 11) is 0. The zero-order chi connectivity index (χ0) is 20.4. The molecule has 1 aliphatic rings. The van der Waals surface area contributed by atoms with Crippen molar-refractivity contribution in [2.24, 2.45) is 5.10 Å². The predicted molar refractivity (Wildman–Crippen MR) is 113 cm³/mol. The molecule has 29 heavy (non-hydrogen) atoms. The Labute approximate surface area is 174 Å². The molecule has 0 unspecified atom stereocenters. The van der Waals surface area contributed by atoms with Crippen molar-refractivity contribution in [1.29, 1.82) is 0 Å². The Bertz CT molecular complexity index is 1170. The molecule has 0 aliphatic carbocycles. The molecule has 3 aromatic rings. The van der Waals surface area contributed by atoms with Crippen LogP contribution in [0, 0.1) is 0 Å². The van der Waals surface area contributed by atoms with E-state index in [0.717, 1.165) is 0 Å². The summed E-state index contributed by atoms with van der Waals surface area (Å²) in [5.41, 5.74) is 1.71. The van der Waals surface area contributed by atoms with Crippen molar-refractivity contribution in [3.63, 3.8) is 0 Å². The Hall–Kier alpha value is -3.23. The molecule has 1 N–H and O–H groups in total. The second kappa shape index (κ2) is 8.02. The number of nitrogens with one attached hydrogen (secondary N) is 1. The number of pyridine rings is 1. The van der Waals surface area contributed by atoms with Crippen LogP contribution in [0.1, 0.15) is 16.1 Å². The number of rotatable bonds is 5. The molecule has 0 fully saturated rings. The number of thiophene rings is 1. The van der Waals surface area contributed by atoms with E-state index in [2.05, 4.69) is 10.4 Å². The Kier molecular flexibility index (Phi) is 5.28. The number of nitrogens with zero attached hydrogens (tertiary/aromatic N) is 3. The zero-order valence-electron chi connectivity index (χ0n) is 15.0. The molecule has 0 atom stereocenters. The standard InChI is InChI=1S/C20H15ClN4O3S/c21-17-9-8-16(29-17)20(28)22-12-13-11-19(27)25(23-13)15-6-4-14(5-7-15)24-10-2-1-3-18(24)26/h1-10H,11-12H2,(H,22,28). The van der Waals surface area contributed by atoms with Gasteiger partial charge in [0.25, 0.3) is 17.4 Å². The van der Waals surface area contributed by atoms with Crippen LogP contribution < -0.4 is 15.9 Å². The van der Waals surface area contributed by atoms with Crippen LogP contribution in [0.5, 0.6) is 0 Å². The van der Waals surface area contributed by atoms with Gasteiger partial charge in [-0.05, 0) is 42.5 Å². The maximum Gasteiger partial charge on any atom is 0.261 e. The summed E-state index contributed by atoms with van der Waals surface area (Å²) in [6.07, 6.45) is 1.81. The van der Waals surface area contributed by atoms with E-state index in [1.165, 1.54) is 27.0 Å². The van der Waals surface area contributed by atoms with E-state index in [9.17, 15) is 14.4 Å². The lowest BCUT2D eigenvalue weighted by Crippen LogP contribution is -2.28. The van der Waals surface area contributed by atoms with Gasteiger partial charge in [0.15, 0.2) is 0 Å². The molecule has 4 rings (SSSR count). The first-order valence-corrected chi connectivity index (χ1v) is 9.92. The van der Waals surface area contributed by atoms with Crippen molar-refractivity contribution >= 4 is 46.2 Å². The predicted octanol–water partition coefficient (Wildman–Crippen LogP) is 3.08. The molecule has 0 radical (unpaired) electrons. The van der Waals surface area contributed by atoms with Gasteiger partial charge in [-0.25, -0.2) is 5.01 Å². The summed E-state index contributed by atoms with van der Waals surface area (Å²) < 4.78 is 2.05. The molecule has 0 spiro atoms. The van der Waals surface area contributed by atoms with Crippen LogP contribution in [-0.2, 0) is 4.79 Å². The van der Waals surface area contributed by atoms with E-state index in [0.29, 0.717) is 26.3 Å². The molecular weight excluding hydrogens is 412 g/mol. The molecule has 0 saturated carbocycles. The van der Waals surface area contributed by atoms with Gasteiger partial charge in [0, 0.05) is 18.0 Å². The highest BCUT2D eigenvalue weighted by atomic mass is 35.5. The second-order valence-electron chi connectivity index (χ2n) is 6.26. The number of aromatic nitrogens is 1. The molecule has 3 heterocycles. The van der Waals surface area contributed by atoms with Crippen molar-refractivity contribution in [3.05, 3.63) is 80.4 Å². The fraction of sp³-hybridized carbons (Fsp3) is 0.100. The average molecular weight is 427 g/mol. The second-order valence-corrected chi connectivity index (χ2v) is 7.98. The average Bonchev–Trinajstić information content (AvgIpc) is 3.32. The van der Waals surface area contributed by atoms with Crippen molar-refractivity contribution in [2.75, 3.05) is 11.6 Å². The lowest BCUT2D eigenvalue weighted by Gasteiger charge is -2.12. The fourth-order valence-corrected chi connectivity index (χ4v) is 3.84. The number of halogens is 1. The molecule has 1 aliphatic heterocycles. The SMILES string of the molecule is O=C(NCC1=NN(c2ccc(-n3ccccc3=O)cc2)C(=O)C1)c1ccc(Cl)s1. The van der Waals surface area contributed by atoms with Gasteiger partial charge in [-0.1, -0.05) is 17.7 Å². The lowest BCUT2D eigenvalue weighted by molar-refractivity contribution is -0.116. The summed E-state index contributed by atoms with van der Waals surface area (Å²) in [5, 5.41) is 8.38. The highest BCUT2D eigenvalue weighted by Gasteiger charge is 2.25. The first kappa shape index (κ1) is 19.1. The number of anilines is 1. The van der Waals surface area contributed by atoms with Crippen LogP contribution in [0.2, 0.25) is 4.34 Å². The number of amides is 2. The third-order valence-corrected chi connectivity index (χ3v) is 5.51. The monoisotopic (exact) mass is 426 g/mol. The molecule has 9 heteroatoms. The molecule has 2 aromatic heterocycles. The normalized spacial score (nSPS) is 13.5. The Morgan fingerprint density at radius 3 is 2.52 bits per heavy atom. The van der Waals surface area contributed by atoms with E-state index in [1.54, 1.807) is 54.7 Å². The number of carbonyl (C=O) groups is 2. The van der Waals surface area contributed by atoms with Crippen LogP contribution in [0.15, 0.2) is 70.7 Å². The number of carbonyl (C=O) groups excluding carboxylic acids is 2. The van der Waals surface area contributed by atoms with Crippen LogP contribution in [0.25, 0.3) is 5.69 Å². The summed E-state index contributed by atoms with van der Waals surface area (Å²) in [6.45, 7) is 0.175. The number of hydrogen-bond acceptors (Lipinski definition) is 5. The van der Waals surface area contributed by atoms with Crippen LogP contribution in [0.4, 0.5) is 5.69 Å². The topological polar surface area (TPSA) is 83.8 Å².